The monoisotopic (exact) mass is 459 g/mol. The van der Waals surface area contributed by atoms with E-state index in [1.54, 1.807) is 30.3 Å². The number of hydrogen-bond donors (Lipinski definition) is 3. The number of nitrogens with zero attached hydrogens (tertiary/aromatic N) is 1. The quantitative estimate of drug-likeness (QED) is 0.259. The molecule has 2 rings (SSSR count). The van der Waals surface area contributed by atoms with Crippen LogP contribution in [0.15, 0.2) is 54.6 Å². The van der Waals surface area contributed by atoms with Crippen molar-refractivity contribution in [2.75, 3.05) is 13.7 Å². The maximum absolute atomic E-state index is 12.3. The van der Waals surface area contributed by atoms with Gasteiger partial charge in [-0.25, -0.2) is 9.59 Å². The first-order chi connectivity index (χ1) is 15.8. The minimum absolute atomic E-state index is 0.0513. The molecule has 0 aliphatic heterocycles. The van der Waals surface area contributed by atoms with E-state index in [1.807, 2.05) is 6.07 Å². The van der Waals surface area contributed by atoms with Gasteiger partial charge in [0.25, 0.3) is 5.69 Å². The zero-order valence-corrected chi connectivity index (χ0v) is 17.9. The topological polar surface area (TPSA) is 157 Å². The lowest BCUT2D eigenvalue weighted by molar-refractivity contribution is -0.385. The summed E-state index contributed by atoms with van der Waals surface area (Å²) in [6.07, 6.45) is -2.61. The zero-order chi connectivity index (χ0) is 24.2. The van der Waals surface area contributed by atoms with Crippen LogP contribution in [-0.2, 0) is 32.1 Å². The third kappa shape index (κ3) is 8.57. The van der Waals surface area contributed by atoms with Gasteiger partial charge >= 0.3 is 12.1 Å². The average Bonchev–Trinajstić information content (AvgIpc) is 2.81. The molecule has 2 aromatic carbocycles. The lowest BCUT2D eigenvalue weighted by atomic mass is 10.0. The van der Waals surface area contributed by atoms with Crippen LogP contribution in [0.2, 0.25) is 0 Å². The minimum Gasteiger partial charge on any atom is -0.467 e. The summed E-state index contributed by atoms with van der Waals surface area (Å²) < 4.78 is 9.69. The largest absolute Gasteiger partial charge is 0.467 e. The summed E-state index contributed by atoms with van der Waals surface area (Å²) in [7, 11) is 1.13. The van der Waals surface area contributed by atoms with Gasteiger partial charge in [0.1, 0.15) is 12.6 Å². The standard InChI is InChI=1S/C22H25N3O8/c1-32-21(28)18(11-16-9-5-6-10-19(16)25(30)31)24-20(27)12-17(26)13-23-22(29)33-14-15-7-3-2-4-8-15/h2-10,17-18,26H,11-14H2,1H3,(H,23,29)(H,24,27)/t17-,18-/m0/s1. The van der Waals surface area contributed by atoms with Gasteiger partial charge in [-0.3, -0.25) is 14.9 Å². The number of nitro benzene ring substituents is 1. The number of hydrogen-bond acceptors (Lipinski definition) is 8. The lowest BCUT2D eigenvalue weighted by Gasteiger charge is -2.18. The van der Waals surface area contributed by atoms with Crippen molar-refractivity contribution in [3.05, 3.63) is 75.8 Å². The average molecular weight is 459 g/mol. The molecule has 0 saturated heterocycles. The first-order valence-corrected chi connectivity index (χ1v) is 10.0. The van der Waals surface area contributed by atoms with Crippen LogP contribution in [0, 0.1) is 10.1 Å². The van der Waals surface area contributed by atoms with E-state index in [2.05, 4.69) is 15.4 Å². The summed E-state index contributed by atoms with van der Waals surface area (Å²) in [6, 6.07) is 13.6. The number of nitrogens with one attached hydrogen (secondary N) is 2. The van der Waals surface area contributed by atoms with Gasteiger partial charge in [-0.2, -0.15) is 0 Å². The highest BCUT2D eigenvalue weighted by molar-refractivity contribution is 5.85. The molecule has 2 atom stereocenters. The Morgan fingerprint density at radius 3 is 2.42 bits per heavy atom. The lowest BCUT2D eigenvalue weighted by Crippen LogP contribution is -2.45. The van der Waals surface area contributed by atoms with Crippen molar-refractivity contribution in [2.24, 2.45) is 0 Å². The number of methoxy groups -OCH3 is 1. The second-order valence-electron chi connectivity index (χ2n) is 7.03. The third-order valence-electron chi connectivity index (χ3n) is 4.55. The molecule has 0 heterocycles. The fourth-order valence-electron chi connectivity index (χ4n) is 2.93. The molecule has 2 amide bonds. The van der Waals surface area contributed by atoms with Crippen LogP contribution in [0.3, 0.4) is 0 Å². The van der Waals surface area contributed by atoms with Gasteiger partial charge in [-0.15, -0.1) is 0 Å². The van der Waals surface area contributed by atoms with Crippen LogP contribution in [0.5, 0.6) is 0 Å². The molecule has 0 spiro atoms. The van der Waals surface area contributed by atoms with Crippen LogP contribution in [0.25, 0.3) is 0 Å². The fourth-order valence-corrected chi connectivity index (χ4v) is 2.93. The summed E-state index contributed by atoms with van der Waals surface area (Å²) >= 11 is 0. The van der Waals surface area contributed by atoms with Crippen molar-refractivity contribution in [3.8, 4) is 0 Å². The molecular formula is C22H25N3O8. The second kappa shape index (κ2) is 12.8. The molecule has 0 bridgehead atoms. The molecule has 0 unspecified atom stereocenters. The molecule has 33 heavy (non-hydrogen) atoms. The number of alkyl carbamates (subject to hydrolysis) is 1. The molecule has 11 nitrogen and oxygen atoms in total. The van der Waals surface area contributed by atoms with E-state index in [0.29, 0.717) is 0 Å². The molecule has 0 saturated carbocycles. The highest BCUT2D eigenvalue weighted by Gasteiger charge is 2.26. The fraction of sp³-hybridized carbons (Fsp3) is 0.318. The maximum atomic E-state index is 12.3. The van der Waals surface area contributed by atoms with Crippen molar-refractivity contribution in [1.82, 2.24) is 10.6 Å². The number of esters is 1. The Morgan fingerprint density at radius 1 is 1.09 bits per heavy atom. The minimum atomic E-state index is -1.25. The summed E-state index contributed by atoms with van der Waals surface area (Å²) in [5, 5.41) is 26.0. The van der Waals surface area contributed by atoms with E-state index in [4.69, 9.17) is 4.74 Å². The second-order valence-corrected chi connectivity index (χ2v) is 7.03. The van der Waals surface area contributed by atoms with Crippen molar-refractivity contribution < 1.29 is 33.9 Å². The Balaban J connectivity index is 1.84. The third-order valence-corrected chi connectivity index (χ3v) is 4.55. The van der Waals surface area contributed by atoms with Crippen molar-refractivity contribution in [2.45, 2.75) is 31.6 Å². The van der Waals surface area contributed by atoms with Gasteiger partial charge in [-0.1, -0.05) is 48.5 Å². The maximum Gasteiger partial charge on any atom is 0.407 e. The van der Waals surface area contributed by atoms with Gasteiger partial charge in [-0.05, 0) is 5.56 Å². The molecule has 176 valence electrons. The van der Waals surface area contributed by atoms with Crippen molar-refractivity contribution >= 4 is 23.7 Å². The van der Waals surface area contributed by atoms with Gasteiger partial charge < -0.3 is 25.2 Å². The Bertz CT molecular complexity index is 967. The smallest absolute Gasteiger partial charge is 0.407 e. The molecule has 11 heteroatoms. The Labute approximate surface area is 189 Å². The molecule has 0 aliphatic carbocycles. The first kappa shape index (κ1) is 25.3. The van der Waals surface area contributed by atoms with E-state index in [-0.39, 0.29) is 30.8 Å². The number of carbonyl (C=O) groups excluding carboxylic acids is 3. The van der Waals surface area contributed by atoms with Gasteiger partial charge in [0, 0.05) is 24.6 Å². The van der Waals surface area contributed by atoms with Crippen LogP contribution < -0.4 is 10.6 Å². The van der Waals surface area contributed by atoms with E-state index < -0.39 is 41.5 Å². The predicted molar refractivity (Wildman–Crippen MR) is 116 cm³/mol. The number of benzene rings is 2. The molecular weight excluding hydrogens is 434 g/mol. The summed E-state index contributed by atoms with van der Waals surface area (Å²) in [6.45, 7) is -0.205. The molecule has 3 N–H and O–H groups in total. The number of para-hydroxylation sites is 1. The SMILES string of the molecule is COC(=O)[C@H](Cc1ccccc1[N+](=O)[O-])NC(=O)C[C@H](O)CNC(=O)OCc1ccccc1. The van der Waals surface area contributed by atoms with Crippen LogP contribution in [0.1, 0.15) is 17.5 Å². The molecule has 0 radical (unpaired) electrons. The normalized spacial score (nSPS) is 12.2. The van der Waals surface area contributed by atoms with E-state index in [1.165, 1.54) is 18.2 Å². The predicted octanol–water partition coefficient (Wildman–Crippen LogP) is 1.47. The van der Waals surface area contributed by atoms with E-state index >= 15 is 0 Å². The molecule has 0 fully saturated rings. The van der Waals surface area contributed by atoms with E-state index in [0.717, 1.165) is 12.7 Å². The number of nitro groups is 1. The Kier molecular flexibility index (Phi) is 9.78. The molecule has 0 aromatic heterocycles. The van der Waals surface area contributed by atoms with Gasteiger partial charge in [0.05, 0.1) is 24.6 Å². The van der Waals surface area contributed by atoms with Crippen molar-refractivity contribution in [3.63, 3.8) is 0 Å². The first-order valence-electron chi connectivity index (χ1n) is 10.0. The molecule has 0 aliphatic rings. The number of aliphatic hydroxyl groups is 1. The van der Waals surface area contributed by atoms with Crippen LogP contribution in [0.4, 0.5) is 10.5 Å². The summed E-state index contributed by atoms with van der Waals surface area (Å²) in [5.74, 6) is -1.49. The summed E-state index contributed by atoms with van der Waals surface area (Å²) in [5.41, 5.74) is 0.834. The number of ether oxygens (including phenoxy) is 2. The summed E-state index contributed by atoms with van der Waals surface area (Å²) in [4.78, 5) is 46.7. The number of aliphatic hydroxyl groups excluding tert-OH is 1. The molecule has 2 aromatic rings. The van der Waals surface area contributed by atoms with Crippen molar-refractivity contribution in [1.29, 1.82) is 0 Å². The number of amides is 2. The highest BCUT2D eigenvalue weighted by Crippen LogP contribution is 2.19. The van der Waals surface area contributed by atoms with Crippen LogP contribution in [-0.4, -0.2) is 53.8 Å². The van der Waals surface area contributed by atoms with Crippen LogP contribution >= 0.6 is 0 Å². The Morgan fingerprint density at radius 2 is 1.76 bits per heavy atom. The zero-order valence-electron chi connectivity index (χ0n) is 17.9. The van der Waals surface area contributed by atoms with Gasteiger partial charge in [0.2, 0.25) is 5.91 Å². The number of carbonyl (C=O) groups is 3. The Hall–Kier alpha value is -3.99. The highest BCUT2D eigenvalue weighted by atomic mass is 16.6. The number of rotatable bonds is 11. The van der Waals surface area contributed by atoms with E-state index in [9.17, 15) is 29.6 Å². The van der Waals surface area contributed by atoms with Gasteiger partial charge in [0.15, 0.2) is 0 Å².